The molecule has 94 valence electrons. The fourth-order valence-electron chi connectivity index (χ4n) is 1.99. The minimum Gasteiger partial charge on any atom is -0.268 e. The Hall–Kier alpha value is -2.13. The molecule has 1 heterocycles. The molecule has 0 atom stereocenters. The monoisotopic (exact) mass is 267 g/mol. The predicted octanol–water partition coefficient (Wildman–Crippen LogP) is 3.78. The van der Waals surface area contributed by atoms with Crippen molar-refractivity contribution in [3.8, 4) is 0 Å². The molecule has 2 aromatic carbocycles. The molecule has 3 aromatic rings. The number of benzene rings is 2. The number of aromatic nitrogens is 1. The van der Waals surface area contributed by atoms with Gasteiger partial charge in [-0.05, 0) is 17.7 Å². The molecular weight excluding hydrogens is 254 g/mol. The number of fused-ring (bicyclic) bond motifs is 1. The highest BCUT2D eigenvalue weighted by atomic mass is 32.1. The van der Waals surface area contributed by atoms with Crippen LogP contribution in [-0.4, -0.2) is 3.96 Å². The molecule has 0 aliphatic rings. The Morgan fingerprint density at radius 2 is 1.74 bits per heavy atom. The largest absolute Gasteiger partial charge is 0.268 e. The molecule has 0 saturated carbocycles. The summed E-state index contributed by atoms with van der Waals surface area (Å²) in [5, 5.41) is 0.806. The fourth-order valence-corrected chi connectivity index (χ4v) is 2.96. The highest BCUT2D eigenvalue weighted by Crippen LogP contribution is 2.15. The van der Waals surface area contributed by atoms with E-state index in [2.05, 4.69) is 0 Å². The number of hydrogen-bond acceptors (Lipinski definition) is 2. The van der Waals surface area contributed by atoms with Crippen molar-refractivity contribution >= 4 is 27.7 Å². The number of hydrogen-bond donors (Lipinski definition) is 0. The van der Waals surface area contributed by atoms with Crippen LogP contribution in [0.3, 0.4) is 0 Å². The maximum absolute atomic E-state index is 12.1. The molecular formula is C16H13NOS. The smallest absolute Gasteiger partial charge is 0.268 e. The van der Waals surface area contributed by atoms with E-state index in [1.807, 2.05) is 66.7 Å². The van der Waals surface area contributed by atoms with E-state index in [0.29, 0.717) is 6.54 Å². The summed E-state index contributed by atoms with van der Waals surface area (Å²) in [7, 11) is 0. The van der Waals surface area contributed by atoms with E-state index >= 15 is 0 Å². The summed E-state index contributed by atoms with van der Waals surface area (Å²) in [6, 6.07) is 17.8. The van der Waals surface area contributed by atoms with Crippen LogP contribution in [0.5, 0.6) is 0 Å². The van der Waals surface area contributed by atoms with Gasteiger partial charge in [0.1, 0.15) is 0 Å². The first kappa shape index (κ1) is 11.9. The van der Waals surface area contributed by atoms with Crippen molar-refractivity contribution in [1.29, 1.82) is 0 Å². The van der Waals surface area contributed by atoms with Crippen LogP contribution in [0.25, 0.3) is 16.2 Å². The van der Waals surface area contributed by atoms with E-state index in [9.17, 15) is 4.79 Å². The first-order chi connectivity index (χ1) is 9.34. The normalized spacial score (nSPS) is 11.4. The number of allylic oxidation sites excluding steroid dienone is 1. The second-order valence-electron chi connectivity index (χ2n) is 4.27. The molecule has 2 nitrogen and oxygen atoms in total. The molecule has 19 heavy (non-hydrogen) atoms. The minimum atomic E-state index is 0.0957. The summed E-state index contributed by atoms with van der Waals surface area (Å²) in [4.78, 5) is 12.1. The van der Waals surface area contributed by atoms with Gasteiger partial charge in [-0.2, -0.15) is 0 Å². The lowest BCUT2D eigenvalue weighted by Crippen LogP contribution is -2.11. The van der Waals surface area contributed by atoms with Gasteiger partial charge in [0.25, 0.3) is 5.56 Å². The SMILES string of the molecule is O=c1c2ccccc2sn1CC=Cc1ccccc1. The second-order valence-corrected chi connectivity index (χ2v) is 5.33. The zero-order valence-corrected chi connectivity index (χ0v) is 11.1. The van der Waals surface area contributed by atoms with Gasteiger partial charge in [-0.1, -0.05) is 66.1 Å². The molecule has 0 unspecified atom stereocenters. The molecule has 0 amide bonds. The summed E-state index contributed by atoms with van der Waals surface area (Å²) in [6.45, 7) is 0.618. The summed E-state index contributed by atoms with van der Waals surface area (Å²) < 4.78 is 2.82. The number of nitrogens with zero attached hydrogens (tertiary/aromatic N) is 1. The fraction of sp³-hybridized carbons (Fsp3) is 0.0625. The molecule has 3 rings (SSSR count). The molecule has 0 aliphatic carbocycles. The minimum absolute atomic E-state index is 0.0957. The molecule has 0 radical (unpaired) electrons. The molecule has 0 aliphatic heterocycles. The van der Waals surface area contributed by atoms with Crippen LogP contribution in [0.1, 0.15) is 5.56 Å². The first-order valence-electron chi connectivity index (χ1n) is 6.15. The van der Waals surface area contributed by atoms with E-state index in [1.165, 1.54) is 11.5 Å². The molecule has 1 aromatic heterocycles. The lowest BCUT2D eigenvalue weighted by Gasteiger charge is -1.94. The van der Waals surface area contributed by atoms with Gasteiger partial charge < -0.3 is 0 Å². The van der Waals surface area contributed by atoms with Crippen LogP contribution in [-0.2, 0) is 6.54 Å². The van der Waals surface area contributed by atoms with Crippen molar-refractivity contribution in [3.05, 3.63) is 76.6 Å². The summed E-state index contributed by atoms with van der Waals surface area (Å²) in [5.74, 6) is 0. The Morgan fingerprint density at radius 1 is 1.00 bits per heavy atom. The molecule has 0 saturated heterocycles. The van der Waals surface area contributed by atoms with E-state index in [-0.39, 0.29) is 5.56 Å². The van der Waals surface area contributed by atoms with E-state index in [0.717, 1.165) is 15.6 Å². The first-order valence-corrected chi connectivity index (χ1v) is 6.92. The van der Waals surface area contributed by atoms with Crippen molar-refractivity contribution in [2.75, 3.05) is 0 Å². The summed E-state index contributed by atoms with van der Waals surface area (Å²) in [6.07, 6.45) is 4.06. The predicted molar refractivity (Wildman–Crippen MR) is 81.6 cm³/mol. The second kappa shape index (κ2) is 5.24. The van der Waals surface area contributed by atoms with Crippen LogP contribution in [0.4, 0.5) is 0 Å². The maximum atomic E-state index is 12.1. The average Bonchev–Trinajstić information content (AvgIpc) is 2.78. The summed E-state index contributed by atoms with van der Waals surface area (Å²) >= 11 is 1.51. The van der Waals surface area contributed by atoms with E-state index in [4.69, 9.17) is 0 Å². The zero-order chi connectivity index (χ0) is 13.1. The van der Waals surface area contributed by atoms with Gasteiger partial charge in [-0.3, -0.25) is 8.75 Å². The van der Waals surface area contributed by atoms with Gasteiger partial charge in [-0.25, -0.2) is 0 Å². The Kier molecular flexibility index (Phi) is 3.29. The third-order valence-corrected chi connectivity index (χ3v) is 4.02. The zero-order valence-electron chi connectivity index (χ0n) is 10.3. The van der Waals surface area contributed by atoms with Gasteiger partial charge in [-0.15, -0.1) is 0 Å². The lowest BCUT2D eigenvalue weighted by molar-refractivity contribution is 0.885. The van der Waals surface area contributed by atoms with Crippen molar-refractivity contribution in [3.63, 3.8) is 0 Å². The van der Waals surface area contributed by atoms with Crippen LogP contribution in [0.2, 0.25) is 0 Å². The van der Waals surface area contributed by atoms with Gasteiger partial charge in [0.05, 0.1) is 16.6 Å². The lowest BCUT2D eigenvalue weighted by atomic mass is 10.2. The van der Waals surface area contributed by atoms with Crippen molar-refractivity contribution < 1.29 is 0 Å². The highest BCUT2D eigenvalue weighted by molar-refractivity contribution is 7.13. The van der Waals surface area contributed by atoms with Gasteiger partial charge in [0.15, 0.2) is 0 Å². The van der Waals surface area contributed by atoms with Gasteiger partial charge in [0, 0.05) is 0 Å². The molecule has 3 heteroatoms. The maximum Gasteiger partial charge on any atom is 0.268 e. The quantitative estimate of drug-likeness (QED) is 0.708. The third kappa shape index (κ3) is 2.51. The number of rotatable bonds is 3. The van der Waals surface area contributed by atoms with Crippen LogP contribution in [0.15, 0.2) is 65.5 Å². The summed E-state index contributed by atoms with van der Waals surface area (Å²) in [5.41, 5.74) is 1.25. The van der Waals surface area contributed by atoms with Crippen molar-refractivity contribution in [2.45, 2.75) is 6.54 Å². The van der Waals surface area contributed by atoms with Crippen molar-refractivity contribution in [1.82, 2.24) is 3.96 Å². The molecule has 0 N–H and O–H groups in total. The Labute approximate surface area is 115 Å². The van der Waals surface area contributed by atoms with Gasteiger partial charge >= 0.3 is 0 Å². The van der Waals surface area contributed by atoms with E-state index < -0.39 is 0 Å². The van der Waals surface area contributed by atoms with Gasteiger partial charge in [0.2, 0.25) is 0 Å². The Balaban J connectivity index is 1.85. The van der Waals surface area contributed by atoms with Crippen LogP contribution < -0.4 is 5.56 Å². The Bertz CT molecular complexity index is 768. The molecule has 0 fully saturated rings. The van der Waals surface area contributed by atoms with Crippen LogP contribution in [0, 0.1) is 0 Å². The Morgan fingerprint density at radius 3 is 2.53 bits per heavy atom. The topological polar surface area (TPSA) is 22.0 Å². The average molecular weight is 267 g/mol. The van der Waals surface area contributed by atoms with Crippen molar-refractivity contribution in [2.24, 2.45) is 0 Å². The highest BCUT2D eigenvalue weighted by Gasteiger charge is 2.04. The standard InChI is InChI=1S/C16H13NOS/c18-16-14-10-4-5-11-15(14)19-17(16)12-6-9-13-7-2-1-3-8-13/h1-11H,12H2. The molecule has 0 bridgehead atoms. The van der Waals surface area contributed by atoms with E-state index in [1.54, 1.807) is 3.96 Å². The molecule has 0 spiro atoms. The van der Waals surface area contributed by atoms with Crippen LogP contribution >= 0.6 is 11.5 Å². The third-order valence-electron chi connectivity index (χ3n) is 2.93.